The molecule has 0 radical (unpaired) electrons. The van der Waals surface area contributed by atoms with E-state index in [4.69, 9.17) is 5.73 Å². The predicted molar refractivity (Wildman–Crippen MR) is 79.4 cm³/mol. The van der Waals surface area contributed by atoms with Crippen LogP contribution in [0.4, 0.5) is 0 Å². The molecule has 106 valence electrons. The Morgan fingerprint density at radius 1 is 1.40 bits per heavy atom. The van der Waals surface area contributed by atoms with Crippen molar-refractivity contribution in [2.24, 2.45) is 5.73 Å². The number of carbonyl (C=O) groups excluding carboxylic acids is 1. The SMILES string of the molecule is COC(=O)CCC(N)Cc1cc(C)nc2ccccc12. The number of nitrogens with zero attached hydrogens (tertiary/aromatic N) is 1. The zero-order valence-corrected chi connectivity index (χ0v) is 11.9. The zero-order valence-electron chi connectivity index (χ0n) is 11.9. The Hall–Kier alpha value is -1.94. The normalized spacial score (nSPS) is 12.3. The Morgan fingerprint density at radius 2 is 2.15 bits per heavy atom. The van der Waals surface area contributed by atoms with Crippen LogP contribution in [0, 0.1) is 6.92 Å². The van der Waals surface area contributed by atoms with Crippen molar-refractivity contribution in [3.63, 3.8) is 0 Å². The molecule has 1 unspecified atom stereocenters. The molecule has 0 bridgehead atoms. The second kappa shape index (κ2) is 6.48. The second-order valence-electron chi connectivity index (χ2n) is 5.02. The van der Waals surface area contributed by atoms with Crippen LogP contribution in [0.5, 0.6) is 0 Å². The molecule has 0 aliphatic rings. The minimum atomic E-state index is -0.212. The first-order valence-electron chi connectivity index (χ1n) is 6.78. The number of benzene rings is 1. The largest absolute Gasteiger partial charge is 0.469 e. The predicted octanol–water partition coefficient (Wildman–Crippen LogP) is 2.37. The summed E-state index contributed by atoms with van der Waals surface area (Å²) in [5.41, 5.74) is 9.28. The number of carbonyl (C=O) groups is 1. The highest BCUT2D eigenvalue weighted by Crippen LogP contribution is 2.20. The van der Waals surface area contributed by atoms with Crippen molar-refractivity contribution in [2.45, 2.75) is 32.2 Å². The molecule has 0 spiro atoms. The van der Waals surface area contributed by atoms with Gasteiger partial charge < -0.3 is 10.5 Å². The first-order valence-corrected chi connectivity index (χ1v) is 6.78. The van der Waals surface area contributed by atoms with Crippen molar-refractivity contribution >= 4 is 16.9 Å². The van der Waals surface area contributed by atoms with E-state index in [1.54, 1.807) is 0 Å². The quantitative estimate of drug-likeness (QED) is 0.849. The number of esters is 1. The maximum absolute atomic E-state index is 11.1. The van der Waals surface area contributed by atoms with Gasteiger partial charge in [-0.2, -0.15) is 0 Å². The summed E-state index contributed by atoms with van der Waals surface area (Å²) in [4.78, 5) is 15.7. The number of aryl methyl sites for hydroxylation is 1. The number of methoxy groups -OCH3 is 1. The van der Waals surface area contributed by atoms with Gasteiger partial charge in [0.2, 0.25) is 0 Å². The summed E-state index contributed by atoms with van der Waals surface area (Å²) in [6.07, 6.45) is 1.73. The fourth-order valence-corrected chi connectivity index (χ4v) is 2.35. The third kappa shape index (κ3) is 3.54. The summed E-state index contributed by atoms with van der Waals surface area (Å²) in [7, 11) is 1.40. The van der Waals surface area contributed by atoms with E-state index in [0.29, 0.717) is 12.8 Å². The molecule has 1 aromatic carbocycles. The lowest BCUT2D eigenvalue weighted by Gasteiger charge is -2.13. The molecule has 0 saturated carbocycles. The van der Waals surface area contributed by atoms with Crippen molar-refractivity contribution in [2.75, 3.05) is 7.11 Å². The van der Waals surface area contributed by atoms with Crippen LogP contribution in [-0.2, 0) is 16.0 Å². The molecular weight excluding hydrogens is 252 g/mol. The van der Waals surface area contributed by atoms with E-state index in [2.05, 4.69) is 21.9 Å². The molecule has 0 aliphatic heterocycles. The van der Waals surface area contributed by atoms with E-state index in [9.17, 15) is 4.79 Å². The molecule has 0 aliphatic carbocycles. The van der Waals surface area contributed by atoms with Gasteiger partial charge in [-0.25, -0.2) is 0 Å². The van der Waals surface area contributed by atoms with Gasteiger partial charge >= 0.3 is 5.97 Å². The molecule has 2 N–H and O–H groups in total. The molecule has 4 nitrogen and oxygen atoms in total. The minimum Gasteiger partial charge on any atom is -0.469 e. The number of hydrogen-bond acceptors (Lipinski definition) is 4. The van der Waals surface area contributed by atoms with Crippen LogP contribution >= 0.6 is 0 Å². The van der Waals surface area contributed by atoms with Crippen LogP contribution in [0.2, 0.25) is 0 Å². The molecule has 1 aromatic heterocycles. The molecule has 20 heavy (non-hydrogen) atoms. The Bertz CT molecular complexity index is 610. The Kier molecular flexibility index (Phi) is 4.69. The van der Waals surface area contributed by atoms with Gasteiger partial charge in [-0.05, 0) is 37.5 Å². The lowest BCUT2D eigenvalue weighted by Crippen LogP contribution is -2.24. The molecule has 0 saturated heterocycles. The molecule has 1 heterocycles. The average Bonchev–Trinajstić information content (AvgIpc) is 2.44. The minimum absolute atomic E-state index is 0.0562. The van der Waals surface area contributed by atoms with Gasteiger partial charge in [0, 0.05) is 23.5 Å². The summed E-state index contributed by atoms with van der Waals surface area (Å²) in [6, 6.07) is 10.1. The molecule has 1 atom stereocenters. The van der Waals surface area contributed by atoms with Gasteiger partial charge in [0.25, 0.3) is 0 Å². The molecule has 4 heteroatoms. The Balaban J connectivity index is 2.14. The number of hydrogen-bond donors (Lipinski definition) is 1. The maximum Gasteiger partial charge on any atom is 0.305 e. The van der Waals surface area contributed by atoms with Crippen LogP contribution < -0.4 is 5.73 Å². The van der Waals surface area contributed by atoms with E-state index < -0.39 is 0 Å². The van der Waals surface area contributed by atoms with Crippen molar-refractivity contribution in [1.82, 2.24) is 4.98 Å². The highest BCUT2D eigenvalue weighted by Gasteiger charge is 2.11. The number of aromatic nitrogens is 1. The zero-order chi connectivity index (χ0) is 14.5. The van der Waals surface area contributed by atoms with Gasteiger partial charge in [0.1, 0.15) is 0 Å². The summed E-state index contributed by atoms with van der Waals surface area (Å²) < 4.78 is 4.64. The molecule has 2 rings (SSSR count). The molecule has 0 amide bonds. The van der Waals surface area contributed by atoms with Crippen LogP contribution in [0.15, 0.2) is 30.3 Å². The van der Waals surface area contributed by atoms with Gasteiger partial charge in [0.15, 0.2) is 0 Å². The highest BCUT2D eigenvalue weighted by atomic mass is 16.5. The van der Waals surface area contributed by atoms with Crippen LogP contribution in [0.25, 0.3) is 10.9 Å². The van der Waals surface area contributed by atoms with Crippen molar-refractivity contribution < 1.29 is 9.53 Å². The van der Waals surface area contributed by atoms with E-state index in [1.165, 1.54) is 12.7 Å². The van der Waals surface area contributed by atoms with Crippen LogP contribution in [0.1, 0.15) is 24.1 Å². The number of nitrogens with two attached hydrogens (primary N) is 1. The topological polar surface area (TPSA) is 65.2 Å². The first kappa shape index (κ1) is 14.5. The Morgan fingerprint density at radius 3 is 2.90 bits per heavy atom. The van der Waals surface area contributed by atoms with Gasteiger partial charge in [-0.3, -0.25) is 9.78 Å². The fourth-order valence-electron chi connectivity index (χ4n) is 2.35. The van der Waals surface area contributed by atoms with Gasteiger partial charge in [-0.1, -0.05) is 18.2 Å². The highest BCUT2D eigenvalue weighted by molar-refractivity contribution is 5.82. The summed E-state index contributed by atoms with van der Waals surface area (Å²) in [5, 5.41) is 1.13. The number of rotatable bonds is 5. The van der Waals surface area contributed by atoms with Crippen molar-refractivity contribution in [1.29, 1.82) is 0 Å². The number of ether oxygens (including phenoxy) is 1. The number of para-hydroxylation sites is 1. The Labute approximate surface area is 119 Å². The summed E-state index contributed by atoms with van der Waals surface area (Å²) in [6.45, 7) is 1.98. The van der Waals surface area contributed by atoms with Crippen molar-refractivity contribution in [3.05, 3.63) is 41.6 Å². The third-order valence-corrected chi connectivity index (χ3v) is 3.36. The van der Waals surface area contributed by atoms with E-state index in [0.717, 1.165) is 23.0 Å². The molecule has 0 fully saturated rings. The van der Waals surface area contributed by atoms with Gasteiger partial charge in [-0.15, -0.1) is 0 Å². The first-order chi connectivity index (χ1) is 9.60. The van der Waals surface area contributed by atoms with Crippen molar-refractivity contribution in [3.8, 4) is 0 Å². The lowest BCUT2D eigenvalue weighted by atomic mass is 9.98. The fraction of sp³-hybridized carbons (Fsp3) is 0.375. The smallest absolute Gasteiger partial charge is 0.305 e. The van der Waals surface area contributed by atoms with E-state index >= 15 is 0 Å². The van der Waals surface area contributed by atoms with E-state index in [-0.39, 0.29) is 12.0 Å². The number of fused-ring (bicyclic) bond motifs is 1. The third-order valence-electron chi connectivity index (χ3n) is 3.36. The number of pyridine rings is 1. The average molecular weight is 272 g/mol. The summed E-state index contributed by atoms with van der Waals surface area (Å²) in [5.74, 6) is -0.212. The molecular formula is C16H20N2O2. The van der Waals surface area contributed by atoms with E-state index in [1.807, 2.05) is 25.1 Å². The summed E-state index contributed by atoms with van der Waals surface area (Å²) >= 11 is 0. The van der Waals surface area contributed by atoms with Crippen LogP contribution in [-0.4, -0.2) is 24.1 Å². The maximum atomic E-state index is 11.1. The van der Waals surface area contributed by atoms with Crippen LogP contribution in [0.3, 0.4) is 0 Å². The standard InChI is InChI=1S/C16H20N2O2/c1-11-9-12(10-13(17)7-8-16(19)20-2)14-5-3-4-6-15(14)18-11/h3-6,9,13H,7-8,10,17H2,1-2H3. The molecule has 2 aromatic rings. The second-order valence-corrected chi connectivity index (χ2v) is 5.02. The lowest BCUT2D eigenvalue weighted by molar-refractivity contribution is -0.140. The van der Waals surface area contributed by atoms with Gasteiger partial charge in [0.05, 0.1) is 12.6 Å². The monoisotopic (exact) mass is 272 g/mol.